The van der Waals surface area contributed by atoms with Crippen molar-refractivity contribution in [2.75, 3.05) is 0 Å². The topological polar surface area (TPSA) is 84.9 Å². The first-order chi connectivity index (χ1) is 9.60. The van der Waals surface area contributed by atoms with E-state index >= 15 is 0 Å². The molecule has 0 bridgehead atoms. The molecule has 0 amide bonds. The molecule has 1 N–H and O–H groups in total. The van der Waals surface area contributed by atoms with Crippen molar-refractivity contribution < 1.29 is 9.90 Å². The van der Waals surface area contributed by atoms with Gasteiger partial charge in [0.15, 0.2) is 0 Å². The fourth-order valence-electron chi connectivity index (χ4n) is 1.33. The van der Waals surface area contributed by atoms with Crippen LogP contribution >= 0.6 is 12.6 Å². The highest BCUT2D eigenvalue weighted by atomic mass is 32.1. The Bertz CT molecular complexity index is 667. The van der Waals surface area contributed by atoms with E-state index in [2.05, 4.69) is 12.6 Å². The highest BCUT2D eigenvalue weighted by Crippen LogP contribution is 2.16. The van der Waals surface area contributed by atoms with Crippen LogP contribution in [0.5, 0.6) is 5.75 Å². The molecule has 0 unspecified atom stereocenters. The third-order valence-electron chi connectivity index (χ3n) is 2.30. The highest BCUT2D eigenvalue weighted by molar-refractivity contribution is 7.97. The van der Waals surface area contributed by atoms with Crippen LogP contribution in [-0.2, 0) is 0 Å². The monoisotopic (exact) mass is 282 g/mol. The van der Waals surface area contributed by atoms with Gasteiger partial charge in [-0.3, -0.25) is 4.79 Å². The Hall–Kier alpha value is -2.76. The van der Waals surface area contributed by atoms with E-state index in [0.717, 1.165) is 0 Å². The molecule has 0 saturated heterocycles. The van der Waals surface area contributed by atoms with Gasteiger partial charge in [-0.15, -0.1) is 12.6 Å². The van der Waals surface area contributed by atoms with Crippen LogP contribution in [0.1, 0.15) is 21.5 Å². The Morgan fingerprint density at radius 1 is 0.950 bits per heavy atom. The molecular formula is C15H10N2O2S. The SMILES string of the molecule is N#Cc1ccccc1C#N.O=C(S)c1ccccc1O. The summed E-state index contributed by atoms with van der Waals surface area (Å²) in [6.45, 7) is 0. The van der Waals surface area contributed by atoms with E-state index in [1.165, 1.54) is 12.1 Å². The maximum absolute atomic E-state index is 10.6. The minimum absolute atomic E-state index is 0.0255. The van der Waals surface area contributed by atoms with Gasteiger partial charge in [0, 0.05) is 0 Å². The number of aromatic hydroxyl groups is 1. The van der Waals surface area contributed by atoms with Crippen molar-refractivity contribution in [1.29, 1.82) is 10.5 Å². The summed E-state index contributed by atoms with van der Waals surface area (Å²) in [5.41, 5.74) is 1.11. The van der Waals surface area contributed by atoms with E-state index in [9.17, 15) is 4.79 Å². The molecule has 0 aliphatic rings. The lowest BCUT2D eigenvalue weighted by Gasteiger charge is -1.95. The first-order valence-corrected chi connectivity index (χ1v) is 5.95. The molecule has 98 valence electrons. The van der Waals surface area contributed by atoms with Crippen LogP contribution in [0.4, 0.5) is 0 Å². The van der Waals surface area contributed by atoms with Gasteiger partial charge in [0.2, 0.25) is 5.12 Å². The fraction of sp³-hybridized carbons (Fsp3) is 0. The average Bonchev–Trinajstić information content (AvgIpc) is 2.48. The minimum atomic E-state index is -0.418. The lowest BCUT2D eigenvalue weighted by atomic mass is 10.1. The van der Waals surface area contributed by atoms with Crippen molar-refractivity contribution in [2.24, 2.45) is 0 Å². The lowest BCUT2D eigenvalue weighted by molar-refractivity contribution is 0.108. The van der Waals surface area contributed by atoms with E-state index < -0.39 is 5.12 Å². The zero-order chi connectivity index (χ0) is 15.0. The maximum atomic E-state index is 10.6. The molecule has 0 radical (unpaired) electrons. The van der Waals surface area contributed by atoms with Crippen LogP contribution in [0.15, 0.2) is 48.5 Å². The van der Waals surface area contributed by atoms with Gasteiger partial charge in [-0.1, -0.05) is 24.3 Å². The van der Waals surface area contributed by atoms with Crippen molar-refractivity contribution in [3.05, 3.63) is 65.2 Å². The first kappa shape index (κ1) is 15.3. The number of hydrogen-bond acceptors (Lipinski definition) is 4. The molecule has 2 aromatic rings. The number of carbonyl (C=O) groups excluding carboxylic acids is 1. The van der Waals surface area contributed by atoms with Gasteiger partial charge >= 0.3 is 0 Å². The van der Waals surface area contributed by atoms with Crippen LogP contribution in [0.25, 0.3) is 0 Å². The molecule has 2 aromatic carbocycles. The number of nitriles is 2. The summed E-state index contributed by atoms with van der Waals surface area (Å²) in [6, 6.07) is 16.9. The van der Waals surface area contributed by atoms with Crippen LogP contribution in [0.2, 0.25) is 0 Å². The number of rotatable bonds is 1. The van der Waals surface area contributed by atoms with Crippen molar-refractivity contribution in [3.63, 3.8) is 0 Å². The molecule has 0 saturated carbocycles. The molecule has 0 aliphatic carbocycles. The number of carbonyl (C=O) groups is 1. The van der Waals surface area contributed by atoms with Gasteiger partial charge in [0.25, 0.3) is 0 Å². The molecule has 5 heteroatoms. The van der Waals surface area contributed by atoms with Crippen molar-refractivity contribution in [3.8, 4) is 17.9 Å². The molecule has 2 rings (SSSR count). The Kier molecular flexibility index (Phi) is 5.83. The van der Waals surface area contributed by atoms with Gasteiger partial charge in [0.1, 0.15) is 17.9 Å². The standard InChI is InChI=1S/C8H4N2.C7H6O2S/c9-5-7-3-1-2-4-8(7)6-10;8-6-4-2-1-3-5(6)7(9)10/h1-4H;1-4,8H,(H,9,10). The van der Waals surface area contributed by atoms with E-state index in [4.69, 9.17) is 15.6 Å². The van der Waals surface area contributed by atoms with Crippen molar-refractivity contribution >= 4 is 17.7 Å². The molecule has 0 atom stereocenters. The number of phenols is 1. The summed E-state index contributed by atoms with van der Waals surface area (Å²) < 4.78 is 0. The summed E-state index contributed by atoms with van der Waals surface area (Å²) in [7, 11) is 0. The van der Waals surface area contributed by atoms with Crippen molar-refractivity contribution in [1.82, 2.24) is 0 Å². The molecule has 20 heavy (non-hydrogen) atoms. The quantitative estimate of drug-likeness (QED) is 0.787. The third kappa shape index (κ3) is 4.16. The second kappa shape index (κ2) is 7.63. The highest BCUT2D eigenvalue weighted by Gasteiger charge is 2.03. The number of benzene rings is 2. The summed E-state index contributed by atoms with van der Waals surface area (Å²) >= 11 is 3.56. The number of phenolic OH excluding ortho intramolecular Hbond substituents is 1. The molecule has 0 heterocycles. The normalized spacial score (nSPS) is 8.55. The average molecular weight is 282 g/mol. The fourth-order valence-corrected chi connectivity index (χ4v) is 1.52. The Morgan fingerprint density at radius 2 is 1.40 bits per heavy atom. The van der Waals surface area contributed by atoms with Crippen LogP contribution in [-0.4, -0.2) is 10.2 Å². The molecule has 4 nitrogen and oxygen atoms in total. The summed E-state index contributed by atoms with van der Waals surface area (Å²) in [6.07, 6.45) is 0. The number of thiol groups is 1. The summed E-state index contributed by atoms with van der Waals surface area (Å²) in [5.74, 6) is -0.0255. The minimum Gasteiger partial charge on any atom is -0.507 e. The van der Waals surface area contributed by atoms with E-state index in [1.807, 2.05) is 12.1 Å². The van der Waals surface area contributed by atoms with E-state index in [1.54, 1.807) is 36.4 Å². The second-order valence-electron chi connectivity index (χ2n) is 3.59. The number of hydrogen-bond donors (Lipinski definition) is 2. The van der Waals surface area contributed by atoms with Gasteiger partial charge < -0.3 is 5.11 Å². The largest absolute Gasteiger partial charge is 0.507 e. The van der Waals surface area contributed by atoms with E-state index in [-0.39, 0.29) is 11.3 Å². The Labute approximate surface area is 121 Å². The molecule has 0 fully saturated rings. The predicted octanol–water partition coefficient (Wildman–Crippen LogP) is 2.89. The van der Waals surface area contributed by atoms with Crippen LogP contribution in [0.3, 0.4) is 0 Å². The maximum Gasteiger partial charge on any atom is 0.220 e. The third-order valence-corrected chi connectivity index (χ3v) is 2.54. The summed E-state index contributed by atoms with van der Waals surface area (Å²) in [4.78, 5) is 10.6. The lowest BCUT2D eigenvalue weighted by Crippen LogP contribution is -1.87. The van der Waals surface area contributed by atoms with E-state index in [0.29, 0.717) is 11.1 Å². The van der Waals surface area contributed by atoms with Crippen molar-refractivity contribution in [2.45, 2.75) is 0 Å². The smallest absolute Gasteiger partial charge is 0.220 e. The zero-order valence-corrected chi connectivity index (χ0v) is 11.2. The first-order valence-electron chi connectivity index (χ1n) is 5.50. The zero-order valence-electron chi connectivity index (χ0n) is 10.3. The second-order valence-corrected chi connectivity index (χ2v) is 4.00. The van der Waals surface area contributed by atoms with Gasteiger partial charge in [-0.2, -0.15) is 10.5 Å². The van der Waals surface area contributed by atoms with Gasteiger partial charge in [-0.25, -0.2) is 0 Å². The number of para-hydroxylation sites is 1. The molecular weight excluding hydrogens is 272 g/mol. The molecule has 0 spiro atoms. The van der Waals surface area contributed by atoms with Crippen LogP contribution < -0.4 is 0 Å². The van der Waals surface area contributed by atoms with Gasteiger partial charge in [-0.05, 0) is 24.3 Å². The van der Waals surface area contributed by atoms with Gasteiger partial charge in [0.05, 0.1) is 16.7 Å². The number of nitrogens with zero attached hydrogens (tertiary/aromatic N) is 2. The predicted molar refractivity (Wildman–Crippen MR) is 77.3 cm³/mol. The Balaban J connectivity index is 0.000000200. The van der Waals surface area contributed by atoms with Crippen LogP contribution in [0, 0.1) is 22.7 Å². The summed E-state index contributed by atoms with van der Waals surface area (Å²) in [5, 5.41) is 25.5. The Morgan fingerprint density at radius 3 is 1.75 bits per heavy atom. The molecule has 0 aliphatic heterocycles. The molecule has 0 aromatic heterocycles.